The van der Waals surface area contributed by atoms with Gasteiger partial charge in [0.25, 0.3) is 15.2 Å². The fraction of sp³-hybridized carbons (Fsp3) is 0.769. The maximum Gasteiger partial charge on any atom is 0.346 e. The molecule has 0 saturated carbocycles. The summed E-state index contributed by atoms with van der Waals surface area (Å²) in [6.07, 6.45) is 2.82. The summed E-state index contributed by atoms with van der Waals surface area (Å²) in [6.45, 7) is 9.28. The van der Waals surface area contributed by atoms with Gasteiger partial charge in [-0.25, -0.2) is 18.2 Å². The SMILES string of the molecule is CCCCN(CC)S(=O)(=O)c1ncn(C(=O)N(CC)CC)n1. The molecule has 0 atom stereocenters. The summed E-state index contributed by atoms with van der Waals surface area (Å²) in [5.74, 6) is 0. The third-order valence-electron chi connectivity index (χ3n) is 3.39. The normalized spacial score (nSPS) is 11.9. The zero-order valence-corrected chi connectivity index (χ0v) is 14.5. The van der Waals surface area contributed by atoms with E-state index in [4.69, 9.17) is 0 Å². The summed E-state index contributed by atoms with van der Waals surface area (Å²) in [5, 5.41) is 3.53. The minimum Gasteiger partial charge on any atom is -0.323 e. The van der Waals surface area contributed by atoms with Gasteiger partial charge in [0.15, 0.2) is 0 Å². The maximum atomic E-state index is 12.5. The van der Waals surface area contributed by atoms with Crippen molar-refractivity contribution in [3.63, 3.8) is 0 Å². The van der Waals surface area contributed by atoms with Crippen LogP contribution in [0.3, 0.4) is 0 Å². The monoisotopic (exact) mass is 331 g/mol. The topological polar surface area (TPSA) is 88.4 Å². The highest BCUT2D eigenvalue weighted by Crippen LogP contribution is 2.12. The summed E-state index contributed by atoms with van der Waals surface area (Å²) in [7, 11) is -3.76. The van der Waals surface area contributed by atoms with Gasteiger partial charge in [-0.2, -0.15) is 8.99 Å². The van der Waals surface area contributed by atoms with E-state index in [2.05, 4.69) is 10.1 Å². The molecular formula is C13H25N5O3S. The molecule has 1 rings (SSSR count). The van der Waals surface area contributed by atoms with Gasteiger partial charge in [-0.1, -0.05) is 20.3 Å². The third kappa shape index (κ3) is 4.04. The summed E-state index contributed by atoms with van der Waals surface area (Å²) < 4.78 is 27.3. The van der Waals surface area contributed by atoms with Crippen molar-refractivity contribution in [1.29, 1.82) is 0 Å². The number of hydrogen-bond donors (Lipinski definition) is 0. The fourth-order valence-electron chi connectivity index (χ4n) is 2.00. The van der Waals surface area contributed by atoms with Gasteiger partial charge in [0, 0.05) is 26.2 Å². The first-order valence-electron chi connectivity index (χ1n) is 7.63. The average molecular weight is 331 g/mol. The van der Waals surface area contributed by atoms with Crippen molar-refractivity contribution in [2.45, 2.75) is 45.7 Å². The fourth-order valence-corrected chi connectivity index (χ4v) is 3.31. The molecule has 0 saturated heterocycles. The predicted octanol–water partition coefficient (Wildman–Crippen LogP) is 1.40. The van der Waals surface area contributed by atoms with E-state index in [1.54, 1.807) is 11.8 Å². The van der Waals surface area contributed by atoms with Crippen molar-refractivity contribution in [3.8, 4) is 0 Å². The molecule has 0 aliphatic rings. The molecule has 0 aliphatic heterocycles. The van der Waals surface area contributed by atoms with E-state index in [0.29, 0.717) is 26.2 Å². The van der Waals surface area contributed by atoms with Crippen LogP contribution in [0.4, 0.5) is 4.79 Å². The molecular weight excluding hydrogens is 306 g/mol. The Balaban J connectivity index is 3.00. The van der Waals surface area contributed by atoms with Crippen LogP contribution in [0.1, 0.15) is 40.5 Å². The van der Waals surface area contributed by atoms with Crippen LogP contribution >= 0.6 is 0 Å². The number of aromatic nitrogens is 3. The number of hydrogen-bond acceptors (Lipinski definition) is 5. The molecule has 0 aromatic carbocycles. The first kappa shape index (κ1) is 18.6. The van der Waals surface area contributed by atoms with Gasteiger partial charge in [-0.15, -0.1) is 5.10 Å². The molecule has 0 fully saturated rings. The van der Waals surface area contributed by atoms with E-state index in [1.807, 2.05) is 20.8 Å². The van der Waals surface area contributed by atoms with Crippen LogP contribution in [-0.4, -0.2) is 64.6 Å². The second-order valence-corrected chi connectivity index (χ2v) is 6.61. The van der Waals surface area contributed by atoms with E-state index in [1.165, 1.54) is 4.31 Å². The summed E-state index contributed by atoms with van der Waals surface area (Å²) >= 11 is 0. The number of sulfonamides is 1. The molecule has 1 heterocycles. The Morgan fingerprint density at radius 1 is 1.18 bits per heavy atom. The molecule has 9 heteroatoms. The molecule has 0 radical (unpaired) electrons. The second-order valence-electron chi connectivity index (χ2n) is 4.78. The highest BCUT2D eigenvalue weighted by atomic mass is 32.2. The summed E-state index contributed by atoms with van der Waals surface area (Å²) in [6, 6.07) is -0.379. The molecule has 126 valence electrons. The van der Waals surface area contributed by atoms with Gasteiger partial charge < -0.3 is 4.90 Å². The minimum atomic E-state index is -3.76. The lowest BCUT2D eigenvalue weighted by atomic mass is 10.3. The summed E-state index contributed by atoms with van der Waals surface area (Å²) in [5.41, 5.74) is 0. The molecule has 1 amide bonds. The van der Waals surface area contributed by atoms with Crippen LogP contribution in [0.2, 0.25) is 0 Å². The Kier molecular flexibility index (Phi) is 6.95. The molecule has 22 heavy (non-hydrogen) atoms. The zero-order chi connectivity index (χ0) is 16.8. The van der Waals surface area contributed by atoms with Crippen molar-refractivity contribution >= 4 is 16.1 Å². The van der Waals surface area contributed by atoms with Crippen molar-refractivity contribution in [2.24, 2.45) is 0 Å². The number of amides is 1. The number of nitrogens with zero attached hydrogens (tertiary/aromatic N) is 5. The van der Waals surface area contributed by atoms with E-state index in [9.17, 15) is 13.2 Å². The lowest BCUT2D eigenvalue weighted by molar-refractivity contribution is 0.201. The van der Waals surface area contributed by atoms with E-state index in [0.717, 1.165) is 23.9 Å². The van der Waals surface area contributed by atoms with Gasteiger partial charge in [0.05, 0.1) is 0 Å². The van der Waals surface area contributed by atoms with Crippen molar-refractivity contribution in [2.75, 3.05) is 26.2 Å². The van der Waals surface area contributed by atoms with Gasteiger partial charge in [0.1, 0.15) is 6.33 Å². The quantitative estimate of drug-likeness (QED) is 0.718. The van der Waals surface area contributed by atoms with Crippen LogP contribution in [0.25, 0.3) is 0 Å². The van der Waals surface area contributed by atoms with Crippen molar-refractivity contribution in [3.05, 3.63) is 6.33 Å². The largest absolute Gasteiger partial charge is 0.346 e. The molecule has 0 spiro atoms. The van der Waals surface area contributed by atoms with Crippen molar-refractivity contribution in [1.82, 2.24) is 24.0 Å². The molecule has 1 aromatic heterocycles. The zero-order valence-electron chi connectivity index (χ0n) is 13.7. The Hall–Kier alpha value is -1.48. The van der Waals surface area contributed by atoms with Crippen LogP contribution in [0, 0.1) is 0 Å². The lowest BCUT2D eigenvalue weighted by Gasteiger charge is -2.18. The summed E-state index contributed by atoms with van der Waals surface area (Å²) in [4.78, 5) is 17.5. The Labute approximate surface area is 132 Å². The maximum absolute atomic E-state index is 12.5. The van der Waals surface area contributed by atoms with E-state index >= 15 is 0 Å². The Morgan fingerprint density at radius 3 is 2.32 bits per heavy atom. The van der Waals surface area contributed by atoms with E-state index < -0.39 is 10.0 Å². The number of carbonyl (C=O) groups is 1. The van der Waals surface area contributed by atoms with Gasteiger partial charge in [-0.3, -0.25) is 0 Å². The highest BCUT2D eigenvalue weighted by molar-refractivity contribution is 7.88. The second kappa shape index (κ2) is 8.23. The van der Waals surface area contributed by atoms with E-state index in [-0.39, 0.29) is 11.2 Å². The number of unbranched alkanes of at least 4 members (excludes halogenated alkanes) is 1. The smallest absolute Gasteiger partial charge is 0.323 e. The van der Waals surface area contributed by atoms with Gasteiger partial charge >= 0.3 is 6.03 Å². The van der Waals surface area contributed by atoms with Crippen LogP contribution in [0.15, 0.2) is 11.5 Å². The molecule has 0 N–H and O–H groups in total. The van der Waals surface area contributed by atoms with Crippen LogP contribution < -0.4 is 0 Å². The Bertz CT molecular complexity index is 580. The molecule has 0 aliphatic carbocycles. The number of carbonyl (C=O) groups excluding carboxylic acids is 1. The molecule has 1 aromatic rings. The lowest BCUT2D eigenvalue weighted by Crippen LogP contribution is -2.35. The van der Waals surface area contributed by atoms with Crippen molar-refractivity contribution < 1.29 is 13.2 Å². The standard InChI is InChI=1S/C13H25N5O3S/c1-5-9-10-17(8-4)22(20,21)12-14-11-18(15-12)13(19)16(6-2)7-3/h11H,5-10H2,1-4H3. The van der Waals surface area contributed by atoms with Crippen LogP contribution in [-0.2, 0) is 10.0 Å². The first-order chi connectivity index (χ1) is 10.4. The first-order valence-corrected chi connectivity index (χ1v) is 9.07. The predicted molar refractivity (Wildman–Crippen MR) is 83.1 cm³/mol. The highest BCUT2D eigenvalue weighted by Gasteiger charge is 2.28. The molecule has 0 unspecified atom stereocenters. The molecule has 8 nitrogen and oxygen atoms in total. The molecule has 0 bridgehead atoms. The number of rotatable bonds is 8. The van der Waals surface area contributed by atoms with Gasteiger partial charge in [-0.05, 0) is 20.3 Å². The Morgan fingerprint density at radius 2 is 1.82 bits per heavy atom. The minimum absolute atomic E-state index is 0.328. The third-order valence-corrected chi connectivity index (χ3v) is 5.15. The van der Waals surface area contributed by atoms with Crippen LogP contribution in [0.5, 0.6) is 0 Å². The average Bonchev–Trinajstić information content (AvgIpc) is 2.99. The van der Waals surface area contributed by atoms with Gasteiger partial charge in [0.2, 0.25) is 0 Å².